The number of aryl methyl sites for hydroxylation is 2. The van der Waals surface area contributed by atoms with Crippen molar-refractivity contribution < 1.29 is 9.59 Å². The number of fused-ring (bicyclic) bond motifs is 2. The standard InChI is InChI=1S/C22H18N6O2S2/c1-3-10-28-12-24-22(26-28)32-16-9-5-7-14-18(16)20(30)13-6-4-8-15(17(13)19(14)29)31-21-23-11-27(2)25-21/h4-9,11-12H,3,10H2,1-2H3. The highest BCUT2D eigenvalue weighted by Crippen LogP contribution is 2.39. The zero-order valence-corrected chi connectivity index (χ0v) is 19.0. The molecule has 0 radical (unpaired) electrons. The van der Waals surface area contributed by atoms with Crippen molar-refractivity contribution in [2.24, 2.45) is 7.05 Å². The summed E-state index contributed by atoms with van der Waals surface area (Å²) < 4.78 is 3.37. The van der Waals surface area contributed by atoms with Crippen molar-refractivity contribution in [2.45, 2.75) is 40.0 Å². The molecule has 2 heterocycles. The van der Waals surface area contributed by atoms with E-state index in [0.29, 0.717) is 42.4 Å². The Balaban J connectivity index is 1.54. The van der Waals surface area contributed by atoms with Crippen LogP contribution in [0.5, 0.6) is 0 Å². The second-order valence-corrected chi connectivity index (χ2v) is 9.23. The Hall–Kier alpha value is -3.24. The topological polar surface area (TPSA) is 95.6 Å². The summed E-state index contributed by atoms with van der Waals surface area (Å²) in [6.07, 6.45) is 4.23. The normalized spacial score (nSPS) is 12.7. The molecule has 2 aromatic heterocycles. The molecule has 0 bridgehead atoms. The Kier molecular flexibility index (Phi) is 5.40. The molecular weight excluding hydrogens is 444 g/mol. The molecule has 1 aliphatic rings. The molecule has 0 unspecified atom stereocenters. The number of rotatable bonds is 6. The molecule has 5 rings (SSSR count). The lowest BCUT2D eigenvalue weighted by molar-refractivity contribution is 0.0974. The molecule has 0 fully saturated rings. The fraction of sp³-hybridized carbons (Fsp3) is 0.182. The van der Waals surface area contributed by atoms with Gasteiger partial charge in [-0.1, -0.05) is 31.2 Å². The Morgan fingerprint density at radius 3 is 1.91 bits per heavy atom. The van der Waals surface area contributed by atoms with E-state index in [0.717, 1.165) is 13.0 Å². The van der Waals surface area contributed by atoms with Crippen LogP contribution in [0.3, 0.4) is 0 Å². The lowest BCUT2D eigenvalue weighted by atomic mass is 9.84. The van der Waals surface area contributed by atoms with Crippen LogP contribution in [0.2, 0.25) is 0 Å². The van der Waals surface area contributed by atoms with E-state index < -0.39 is 0 Å². The van der Waals surface area contributed by atoms with Crippen LogP contribution >= 0.6 is 23.5 Å². The predicted molar refractivity (Wildman–Crippen MR) is 119 cm³/mol. The first-order valence-electron chi connectivity index (χ1n) is 10.0. The van der Waals surface area contributed by atoms with Crippen molar-refractivity contribution in [2.75, 3.05) is 0 Å². The van der Waals surface area contributed by atoms with Gasteiger partial charge in [-0.05, 0) is 42.1 Å². The Morgan fingerprint density at radius 1 is 0.812 bits per heavy atom. The molecule has 0 N–H and O–H groups in total. The van der Waals surface area contributed by atoms with Crippen LogP contribution in [0.4, 0.5) is 0 Å². The van der Waals surface area contributed by atoms with E-state index in [2.05, 4.69) is 27.1 Å². The van der Waals surface area contributed by atoms with Crippen molar-refractivity contribution in [3.05, 3.63) is 71.3 Å². The van der Waals surface area contributed by atoms with Crippen molar-refractivity contribution in [3.63, 3.8) is 0 Å². The van der Waals surface area contributed by atoms with Gasteiger partial charge in [0, 0.05) is 45.6 Å². The van der Waals surface area contributed by atoms with Crippen molar-refractivity contribution in [1.82, 2.24) is 29.5 Å². The van der Waals surface area contributed by atoms with E-state index in [-0.39, 0.29) is 11.6 Å². The third-order valence-electron chi connectivity index (χ3n) is 4.95. The molecule has 0 saturated carbocycles. The highest BCUT2D eigenvalue weighted by Gasteiger charge is 2.34. The molecule has 32 heavy (non-hydrogen) atoms. The Morgan fingerprint density at radius 2 is 1.38 bits per heavy atom. The van der Waals surface area contributed by atoms with E-state index >= 15 is 0 Å². The third-order valence-corrected chi connectivity index (χ3v) is 6.80. The minimum absolute atomic E-state index is 0.179. The first kappa shape index (κ1) is 20.7. The van der Waals surface area contributed by atoms with Gasteiger partial charge in [0.2, 0.25) is 10.3 Å². The van der Waals surface area contributed by atoms with Gasteiger partial charge < -0.3 is 0 Å². The van der Waals surface area contributed by atoms with Gasteiger partial charge in [-0.3, -0.25) is 19.0 Å². The van der Waals surface area contributed by atoms with Gasteiger partial charge in [0.1, 0.15) is 12.7 Å². The van der Waals surface area contributed by atoms with Gasteiger partial charge in [0.15, 0.2) is 11.6 Å². The summed E-state index contributed by atoms with van der Waals surface area (Å²) >= 11 is 2.57. The molecule has 1 aliphatic carbocycles. The van der Waals surface area contributed by atoms with Crippen LogP contribution in [0.1, 0.15) is 45.2 Å². The maximum atomic E-state index is 13.5. The zero-order chi connectivity index (χ0) is 22.2. The molecule has 0 atom stereocenters. The van der Waals surface area contributed by atoms with Crippen LogP contribution < -0.4 is 0 Å². The first-order chi connectivity index (χ1) is 15.5. The molecule has 10 heteroatoms. The van der Waals surface area contributed by atoms with Gasteiger partial charge in [-0.2, -0.15) is 0 Å². The average molecular weight is 463 g/mol. The maximum Gasteiger partial charge on any atom is 0.213 e. The Labute approximate surface area is 192 Å². The molecule has 0 aliphatic heterocycles. The van der Waals surface area contributed by atoms with E-state index in [4.69, 9.17) is 0 Å². The van der Waals surface area contributed by atoms with Crippen LogP contribution in [0.25, 0.3) is 0 Å². The summed E-state index contributed by atoms with van der Waals surface area (Å²) in [6.45, 7) is 2.84. The number of hydrogen-bond acceptors (Lipinski definition) is 8. The number of benzene rings is 2. The molecular formula is C22H18N6O2S2. The highest BCUT2D eigenvalue weighted by atomic mass is 32.2. The van der Waals surface area contributed by atoms with Crippen LogP contribution in [0.15, 0.2) is 69.2 Å². The fourth-order valence-electron chi connectivity index (χ4n) is 3.57. The number of aromatic nitrogens is 6. The van der Waals surface area contributed by atoms with Gasteiger partial charge in [0.05, 0.1) is 0 Å². The van der Waals surface area contributed by atoms with Gasteiger partial charge in [-0.25, -0.2) is 9.97 Å². The van der Waals surface area contributed by atoms with Crippen LogP contribution in [-0.4, -0.2) is 41.1 Å². The smallest absolute Gasteiger partial charge is 0.213 e. The van der Waals surface area contributed by atoms with Crippen molar-refractivity contribution in [3.8, 4) is 0 Å². The number of carbonyl (C=O) groups is 2. The minimum Gasteiger partial charge on any atom is -0.289 e. The molecule has 8 nitrogen and oxygen atoms in total. The molecule has 0 spiro atoms. The number of hydrogen-bond donors (Lipinski definition) is 0. The minimum atomic E-state index is -0.180. The van der Waals surface area contributed by atoms with Crippen LogP contribution in [0, 0.1) is 0 Å². The number of ketones is 2. The number of carbonyl (C=O) groups excluding carboxylic acids is 2. The number of nitrogens with zero attached hydrogens (tertiary/aromatic N) is 6. The lowest BCUT2D eigenvalue weighted by Gasteiger charge is -2.21. The first-order valence-corrected chi connectivity index (χ1v) is 11.6. The summed E-state index contributed by atoms with van der Waals surface area (Å²) in [6, 6.07) is 10.6. The predicted octanol–water partition coefficient (Wildman–Crippen LogP) is 3.89. The second kappa shape index (κ2) is 8.36. The van der Waals surface area contributed by atoms with Crippen LogP contribution in [-0.2, 0) is 13.6 Å². The quantitative estimate of drug-likeness (QED) is 0.375. The third kappa shape index (κ3) is 3.65. The summed E-state index contributed by atoms with van der Waals surface area (Å²) in [4.78, 5) is 36.9. The summed E-state index contributed by atoms with van der Waals surface area (Å²) in [7, 11) is 1.78. The summed E-state index contributed by atoms with van der Waals surface area (Å²) in [5, 5.41) is 9.78. The SMILES string of the molecule is CCCn1cnc(Sc2cccc3c2C(=O)c2cccc(Sc4ncn(C)n4)c2C3=O)n1. The van der Waals surface area contributed by atoms with E-state index in [1.807, 2.05) is 12.1 Å². The maximum absolute atomic E-state index is 13.5. The molecule has 0 saturated heterocycles. The monoisotopic (exact) mass is 462 g/mol. The molecule has 0 amide bonds. The average Bonchev–Trinajstić information content (AvgIpc) is 3.40. The van der Waals surface area contributed by atoms with Gasteiger partial charge in [-0.15, -0.1) is 10.2 Å². The molecule has 2 aromatic carbocycles. The van der Waals surface area contributed by atoms with E-state index in [1.54, 1.807) is 53.3 Å². The zero-order valence-electron chi connectivity index (χ0n) is 17.3. The molecule has 160 valence electrons. The lowest BCUT2D eigenvalue weighted by Crippen LogP contribution is -2.22. The van der Waals surface area contributed by atoms with Gasteiger partial charge >= 0.3 is 0 Å². The summed E-state index contributed by atoms with van der Waals surface area (Å²) in [5.74, 6) is -0.359. The van der Waals surface area contributed by atoms with Gasteiger partial charge in [0.25, 0.3) is 0 Å². The van der Waals surface area contributed by atoms with E-state index in [1.165, 1.54) is 23.5 Å². The highest BCUT2D eigenvalue weighted by molar-refractivity contribution is 7.99. The molecule has 4 aromatic rings. The van der Waals surface area contributed by atoms with Crippen molar-refractivity contribution >= 4 is 35.1 Å². The largest absolute Gasteiger partial charge is 0.289 e. The fourth-order valence-corrected chi connectivity index (χ4v) is 5.38. The summed E-state index contributed by atoms with van der Waals surface area (Å²) in [5.41, 5.74) is 1.58. The van der Waals surface area contributed by atoms with Crippen molar-refractivity contribution in [1.29, 1.82) is 0 Å². The van der Waals surface area contributed by atoms with E-state index in [9.17, 15) is 9.59 Å². The Bertz CT molecular complexity index is 1360. The second-order valence-electron chi connectivity index (χ2n) is 7.21.